The van der Waals surface area contributed by atoms with E-state index in [0.29, 0.717) is 18.7 Å². The van der Waals surface area contributed by atoms with E-state index in [9.17, 15) is 9.18 Å². The summed E-state index contributed by atoms with van der Waals surface area (Å²) in [6.45, 7) is 4.38. The monoisotopic (exact) mass is 239 g/mol. The maximum absolute atomic E-state index is 13.3. The summed E-state index contributed by atoms with van der Waals surface area (Å²) in [5, 5.41) is 8.79. The minimum atomic E-state index is -0.813. The summed E-state index contributed by atoms with van der Waals surface area (Å²) in [7, 11) is 1.83. The van der Waals surface area contributed by atoms with Crippen LogP contribution in [-0.2, 0) is 11.3 Å². The summed E-state index contributed by atoms with van der Waals surface area (Å²) in [6, 6.07) is 5.09. The van der Waals surface area contributed by atoms with Crippen LogP contribution >= 0.6 is 0 Å². The lowest BCUT2D eigenvalue weighted by Gasteiger charge is -2.19. The zero-order valence-electron chi connectivity index (χ0n) is 10.4. The lowest BCUT2D eigenvalue weighted by Crippen LogP contribution is -2.28. The maximum Gasteiger partial charge on any atom is 0.307 e. The molecule has 1 aromatic rings. The second-order valence-electron chi connectivity index (χ2n) is 4.52. The smallest absolute Gasteiger partial charge is 0.307 e. The highest BCUT2D eigenvalue weighted by atomic mass is 19.1. The molecule has 1 aromatic carbocycles. The highest BCUT2D eigenvalue weighted by Gasteiger charge is 2.13. The van der Waals surface area contributed by atoms with Crippen LogP contribution in [-0.4, -0.2) is 29.6 Å². The average Bonchev–Trinajstić information content (AvgIpc) is 2.23. The number of hydrogen-bond acceptors (Lipinski definition) is 2. The van der Waals surface area contributed by atoms with Crippen LogP contribution in [0.3, 0.4) is 0 Å². The summed E-state index contributed by atoms with van der Waals surface area (Å²) in [5.74, 6) is -1.45. The number of carbonyl (C=O) groups is 1. The number of benzene rings is 1. The minimum absolute atomic E-state index is 0.220. The van der Waals surface area contributed by atoms with E-state index in [1.165, 1.54) is 6.07 Å². The molecule has 0 saturated carbocycles. The molecule has 4 heteroatoms. The fourth-order valence-corrected chi connectivity index (χ4v) is 1.66. The molecule has 0 fully saturated rings. The SMILES string of the molecule is Cc1ccc(CN(C)CC(C)C(=O)O)cc1F. The molecule has 0 spiro atoms. The van der Waals surface area contributed by atoms with Gasteiger partial charge in [-0.1, -0.05) is 19.1 Å². The van der Waals surface area contributed by atoms with Crippen LogP contribution in [0.25, 0.3) is 0 Å². The van der Waals surface area contributed by atoms with Gasteiger partial charge in [0.2, 0.25) is 0 Å². The van der Waals surface area contributed by atoms with Crippen LogP contribution in [0.4, 0.5) is 4.39 Å². The van der Waals surface area contributed by atoms with Gasteiger partial charge in [-0.05, 0) is 31.2 Å². The lowest BCUT2D eigenvalue weighted by molar-refractivity contribution is -0.141. The zero-order valence-corrected chi connectivity index (χ0v) is 10.4. The molecule has 0 saturated heterocycles. The first kappa shape index (κ1) is 13.6. The molecule has 0 heterocycles. The van der Waals surface area contributed by atoms with Crippen molar-refractivity contribution >= 4 is 5.97 Å². The molecule has 94 valence electrons. The molecule has 17 heavy (non-hydrogen) atoms. The number of nitrogens with zero attached hydrogens (tertiary/aromatic N) is 1. The topological polar surface area (TPSA) is 40.5 Å². The van der Waals surface area contributed by atoms with Gasteiger partial charge in [-0.3, -0.25) is 4.79 Å². The number of rotatable bonds is 5. The van der Waals surface area contributed by atoms with Crippen LogP contribution in [0, 0.1) is 18.7 Å². The Morgan fingerprint density at radius 2 is 2.18 bits per heavy atom. The van der Waals surface area contributed by atoms with Crippen LogP contribution in [0.1, 0.15) is 18.1 Å². The molecule has 0 aliphatic carbocycles. The van der Waals surface area contributed by atoms with E-state index < -0.39 is 11.9 Å². The fourth-order valence-electron chi connectivity index (χ4n) is 1.66. The third-order valence-corrected chi connectivity index (χ3v) is 2.70. The Bertz CT molecular complexity index is 406. The van der Waals surface area contributed by atoms with Crippen molar-refractivity contribution in [3.63, 3.8) is 0 Å². The Morgan fingerprint density at radius 1 is 1.53 bits per heavy atom. The van der Waals surface area contributed by atoms with Gasteiger partial charge in [0.25, 0.3) is 0 Å². The van der Waals surface area contributed by atoms with E-state index in [1.54, 1.807) is 19.9 Å². The molecule has 0 bridgehead atoms. The Labute approximate surface area is 101 Å². The van der Waals surface area contributed by atoms with E-state index in [2.05, 4.69) is 0 Å². The molecule has 1 rings (SSSR count). The molecule has 0 amide bonds. The molecule has 0 radical (unpaired) electrons. The van der Waals surface area contributed by atoms with E-state index in [1.807, 2.05) is 18.0 Å². The Balaban J connectivity index is 2.58. The Morgan fingerprint density at radius 3 is 2.71 bits per heavy atom. The molecule has 0 aliphatic rings. The Hall–Kier alpha value is -1.42. The Kier molecular flexibility index (Phi) is 4.63. The lowest BCUT2D eigenvalue weighted by atomic mass is 10.1. The van der Waals surface area contributed by atoms with Crippen molar-refractivity contribution < 1.29 is 14.3 Å². The van der Waals surface area contributed by atoms with Gasteiger partial charge in [0.05, 0.1) is 5.92 Å². The summed E-state index contributed by atoms with van der Waals surface area (Å²) in [5.41, 5.74) is 1.48. The van der Waals surface area contributed by atoms with E-state index in [4.69, 9.17) is 5.11 Å². The van der Waals surface area contributed by atoms with Crippen LogP contribution in [0.15, 0.2) is 18.2 Å². The van der Waals surface area contributed by atoms with E-state index in [-0.39, 0.29) is 5.82 Å². The number of hydrogen-bond donors (Lipinski definition) is 1. The van der Waals surface area contributed by atoms with Gasteiger partial charge >= 0.3 is 5.97 Å². The first-order valence-corrected chi connectivity index (χ1v) is 5.56. The van der Waals surface area contributed by atoms with Crippen molar-refractivity contribution in [1.29, 1.82) is 0 Å². The molecular formula is C13H18FNO2. The largest absolute Gasteiger partial charge is 0.481 e. The molecule has 3 nitrogen and oxygen atoms in total. The average molecular weight is 239 g/mol. The van der Waals surface area contributed by atoms with Gasteiger partial charge in [-0.25, -0.2) is 4.39 Å². The minimum Gasteiger partial charge on any atom is -0.481 e. The van der Waals surface area contributed by atoms with Gasteiger partial charge in [-0.2, -0.15) is 0 Å². The zero-order chi connectivity index (χ0) is 13.0. The van der Waals surface area contributed by atoms with Crippen molar-refractivity contribution in [2.45, 2.75) is 20.4 Å². The van der Waals surface area contributed by atoms with Gasteiger partial charge in [0.15, 0.2) is 0 Å². The predicted molar refractivity (Wildman–Crippen MR) is 64.3 cm³/mol. The van der Waals surface area contributed by atoms with Crippen LogP contribution in [0.2, 0.25) is 0 Å². The van der Waals surface area contributed by atoms with Crippen molar-refractivity contribution in [2.24, 2.45) is 5.92 Å². The van der Waals surface area contributed by atoms with Gasteiger partial charge in [0.1, 0.15) is 5.82 Å². The van der Waals surface area contributed by atoms with Crippen LogP contribution in [0.5, 0.6) is 0 Å². The molecular weight excluding hydrogens is 221 g/mol. The highest BCUT2D eigenvalue weighted by Crippen LogP contribution is 2.11. The number of carboxylic acids is 1. The first-order valence-electron chi connectivity index (χ1n) is 5.56. The normalized spacial score (nSPS) is 12.8. The molecule has 1 N–H and O–H groups in total. The van der Waals surface area contributed by atoms with Crippen LogP contribution < -0.4 is 0 Å². The first-order chi connectivity index (χ1) is 7.90. The van der Waals surface area contributed by atoms with Crippen molar-refractivity contribution in [2.75, 3.05) is 13.6 Å². The summed E-state index contributed by atoms with van der Waals surface area (Å²) < 4.78 is 13.3. The molecule has 0 aromatic heterocycles. The van der Waals surface area contributed by atoms with Crippen molar-refractivity contribution in [3.05, 3.63) is 35.1 Å². The summed E-state index contributed by atoms with van der Waals surface area (Å²) >= 11 is 0. The second kappa shape index (κ2) is 5.77. The molecule has 1 atom stereocenters. The van der Waals surface area contributed by atoms with Crippen molar-refractivity contribution in [1.82, 2.24) is 4.90 Å². The summed E-state index contributed by atoms with van der Waals surface area (Å²) in [6.07, 6.45) is 0. The van der Waals surface area contributed by atoms with E-state index >= 15 is 0 Å². The second-order valence-corrected chi connectivity index (χ2v) is 4.52. The fraction of sp³-hybridized carbons (Fsp3) is 0.462. The highest BCUT2D eigenvalue weighted by molar-refractivity contribution is 5.69. The van der Waals surface area contributed by atoms with Crippen molar-refractivity contribution in [3.8, 4) is 0 Å². The number of carboxylic acid groups (broad SMARTS) is 1. The third kappa shape index (κ3) is 4.15. The summed E-state index contributed by atoms with van der Waals surface area (Å²) in [4.78, 5) is 12.6. The molecule has 0 aliphatic heterocycles. The molecule has 1 unspecified atom stereocenters. The number of aliphatic carboxylic acids is 1. The number of aryl methyl sites for hydroxylation is 1. The standard InChI is InChI=1S/C13H18FNO2/c1-9-4-5-11(6-12(9)14)8-15(3)7-10(2)13(16)17/h4-6,10H,7-8H2,1-3H3,(H,16,17). The van der Waals surface area contributed by atoms with Gasteiger partial charge in [0, 0.05) is 13.1 Å². The van der Waals surface area contributed by atoms with E-state index in [0.717, 1.165) is 5.56 Å². The quantitative estimate of drug-likeness (QED) is 0.857. The van der Waals surface area contributed by atoms with Gasteiger partial charge in [-0.15, -0.1) is 0 Å². The van der Waals surface area contributed by atoms with Gasteiger partial charge < -0.3 is 10.0 Å². The number of halogens is 1. The third-order valence-electron chi connectivity index (χ3n) is 2.70. The maximum atomic E-state index is 13.3. The predicted octanol–water partition coefficient (Wildman–Crippen LogP) is 2.29.